The van der Waals surface area contributed by atoms with Gasteiger partial charge in [0.15, 0.2) is 5.42 Å². The Bertz CT molecular complexity index is 3360. The van der Waals surface area contributed by atoms with Gasteiger partial charge in [0.2, 0.25) is 0 Å². The summed E-state index contributed by atoms with van der Waals surface area (Å²) in [6.07, 6.45) is 10.0. The topological polar surface area (TPSA) is 21.3 Å². The third kappa shape index (κ3) is 5.64. The number of allylic oxidation sites excluding steroid dienone is 1. The number of aromatic nitrogens is 1. The molecule has 0 saturated carbocycles. The zero-order valence-electron chi connectivity index (χ0n) is 34.8. The molecule has 0 N–H and O–H groups in total. The lowest BCUT2D eigenvalue weighted by molar-refractivity contribution is 0.563. The van der Waals surface area contributed by atoms with Gasteiger partial charge < -0.3 is 13.9 Å². The van der Waals surface area contributed by atoms with E-state index in [1.807, 2.05) is 0 Å². The Balaban J connectivity index is 0.933. The van der Waals surface area contributed by atoms with Crippen molar-refractivity contribution in [2.45, 2.75) is 45.4 Å². The van der Waals surface area contributed by atoms with Crippen LogP contribution in [-0.2, 0) is 11.8 Å². The minimum atomic E-state index is -0.148. The van der Waals surface area contributed by atoms with Gasteiger partial charge in [-0.15, -0.1) is 0 Å². The molecule has 0 radical (unpaired) electrons. The lowest BCUT2D eigenvalue weighted by Crippen LogP contribution is -2.29. The van der Waals surface area contributed by atoms with Crippen LogP contribution in [0.25, 0.3) is 73.1 Å². The zero-order chi connectivity index (χ0) is 40.8. The molecule has 9 aromatic rings. The fraction of sp³-hybridized carbons (Fsp3) is 0.138. The maximum absolute atomic E-state index is 6.62. The standard InChI is InChI=1S/C58H46N2O/c1-37-21-31-53-49(33-37)50-34-40(25-32-54(50)60(53)55-19-12-18-48-47-17-10-11-20-56(47)61-57(48)55)39-22-26-43(27-23-39)59(42-15-8-5-9-16-42)44-28-30-46-45-29-24-41(38-13-6-4-7-14-38)35-51(45)58(2,3)52(46)36-44/h4-11,13-18,20-32,34-37H,12,19,33H2,1-3H3. The molecule has 7 aromatic carbocycles. The first kappa shape index (κ1) is 35.8. The Kier molecular flexibility index (Phi) is 8.06. The summed E-state index contributed by atoms with van der Waals surface area (Å²) in [7, 11) is 0. The van der Waals surface area contributed by atoms with Crippen LogP contribution in [0, 0.1) is 5.92 Å². The van der Waals surface area contributed by atoms with Crippen molar-refractivity contribution in [1.29, 1.82) is 0 Å². The summed E-state index contributed by atoms with van der Waals surface area (Å²) in [6.45, 7) is 7.07. The first-order valence-electron chi connectivity index (χ1n) is 21.8. The summed E-state index contributed by atoms with van der Waals surface area (Å²) in [5.41, 5.74) is 20.8. The second kappa shape index (κ2) is 13.7. The van der Waals surface area contributed by atoms with Gasteiger partial charge in [0, 0.05) is 44.2 Å². The molecule has 1 unspecified atom stereocenters. The van der Waals surface area contributed by atoms with E-state index in [1.165, 1.54) is 83.0 Å². The predicted molar refractivity (Wildman–Crippen MR) is 255 cm³/mol. The molecule has 3 aliphatic rings. The fourth-order valence-electron chi connectivity index (χ4n) is 10.5. The number of furan rings is 1. The number of hydrogen-bond donors (Lipinski definition) is 0. The van der Waals surface area contributed by atoms with Crippen molar-refractivity contribution in [2.24, 2.45) is 5.92 Å². The van der Waals surface area contributed by atoms with Crippen LogP contribution in [0.5, 0.6) is 0 Å². The molecule has 3 heteroatoms. The maximum atomic E-state index is 6.62. The van der Waals surface area contributed by atoms with Gasteiger partial charge in [0.05, 0.1) is 11.2 Å². The molecular formula is C58H46N2O. The average Bonchev–Trinajstić information content (AvgIpc) is 3.92. The van der Waals surface area contributed by atoms with E-state index >= 15 is 0 Å². The van der Waals surface area contributed by atoms with Gasteiger partial charge in [-0.1, -0.05) is 136 Å². The molecule has 1 atom stereocenters. The van der Waals surface area contributed by atoms with E-state index in [2.05, 4.69) is 212 Å². The van der Waals surface area contributed by atoms with Crippen LogP contribution in [0.15, 0.2) is 174 Å². The molecule has 0 fully saturated rings. The van der Waals surface area contributed by atoms with E-state index in [0.29, 0.717) is 5.92 Å². The normalized spacial score (nSPS) is 15.9. The van der Waals surface area contributed by atoms with E-state index in [1.54, 1.807) is 0 Å². The van der Waals surface area contributed by atoms with Crippen LogP contribution in [0.4, 0.5) is 17.1 Å². The molecule has 2 heterocycles. The number of para-hydroxylation sites is 2. The van der Waals surface area contributed by atoms with Crippen LogP contribution < -0.4 is 15.5 Å². The zero-order valence-corrected chi connectivity index (χ0v) is 34.8. The number of rotatable bonds is 6. The van der Waals surface area contributed by atoms with E-state index in [0.717, 1.165) is 47.3 Å². The van der Waals surface area contributed by atoms with Crippen molar-refractivity contribution >= 4 is 56.8 Å². The molecule has 3 nitrogen and oxygen atoms in total. The van der Waals surface area contributed by atoms with Gasteiger partial charge in [0.25, 0.3) is 0 Å². The van der Waals surface area contributed by atoms with Gasteiger partial charge >= 0.3 is 0 Å². The highest BCUT2D eigenvalue weighted by molar-refractivity contribution is 5.96. The minimum Gasteiger partial charge on any atom is -0.454 e. The maximum Gasteiger partial charge on any atom is 0.154 e. The number of benzene rings is 7. The summed E-state index contributed by atoms with van der Waals surface area (Å²) >= 11 is 0. The van der Waals surface area contributed by atoms with Crippen LogP contribution in [0.3, 0.4) is 0 Å². The van der Waals surface area contributed by atoms with Gasteiger partial charge in [-0.2, -0.15) is 0 Å². The molecular weight excluding hydrogens is 741 g/mol. The van der Waals surface area contributed by atoms with Crippen LogP contribution in [0.1, 0.15) is 56.0 Å². The Morgan fingerprint density at radius 1 is 0.607 bits per heavy atom. The Morgan fingerprint density at radius 3 is 2.07 bits per heavy atom. The summed E-state index contributed by atoms with van der Waals surface area (Å²) in [6, 6.07) is 60.2. The largest absolute Gasteiger partial charge is 0.454 e. The van der Waals surface area contributed by atoms with Crippen molar-refractivity contribution in [2.75, 3.05) is 4.90 Å². The van der Waals surface area contributed by atoms with Gasteiger partial charge in [0.1, 0.15) is 5.58 Å². The molecule has 0 aliphatic heterocycles. The second-order valence-corrected chi connectivity index (χ2v) is 17.7. The van der Waals surface area contributed by atoms with E-state index in [-0.39, 0.29) is 5.41 Å². The number of nitrogens with zero attached hydrogens (tertiary/aromatic N) is 2. The highest BCUT2D eigenvalue weighted by atomic mass is 16.3. The monoisotopic (exact) mass is 786 g/mol. The number of hydrogen-bond acceptors (Lipinski definition) is 2. The Morgan fingerprint density at radius 2 is 1.25 bits per heavy atom. The molecule has 61 heavy (non-hydrogen) atoms. The highest BCUT2D eigenvalue weighted by Gasteiger charge is 2.36. The van der Waals surface area contributed by atoms with Crippen LogP contribution in [0.2, 0.25) is 0 Å². The summed E-state index contributed by atoms with van der Waals surface area (Å²) < 4.78 is 9.13. The molecule has 0 amide bonds. The summed E-state index contributed by atoms with van der Waals surface area (Å²) in [4.78, 5) is 2.40. The van der Waals surface area contributed by atoms with Crippen molar-refractivity contribution in [3.05, 3.63) is 203 Å². The molecule has 2 aromatic heterocycles. The average molecular weight is 787 g/mol. The third-order valence-corrected chi connectivity index (χ3v) is 13.6. The lowest BCUT2D eigenvalue weighted by atomic mass is 9.81. The molecule has 0 bridgehead atoms. The van der Waals surface area contributed by atoms with Crippen LogP contribution in [-0.4, -0.2) is 4.57 Å². The molecule has 0 saturated heterocycles. The summed E-state index contributed by atoms with van der Waals surface area (Å²) in [5.74, 6) is 0.482. The molecule has 12 rings (SSSR count). The Hall–Kier alpha value is -7.10. The van der Waals surface area contributed by atoms with E-state index in [4.69, 9.17) is 4.42 Å². The molecule has 0 spiro atoms. The van der Waals surface area contributed by atoms with Gasteiger partial charge in [-0.25, -0.2) is 0 Å². The first-order valence-corrected chi connectivity index (χ1v) is 21.8. The fourth-order valence-corrected chi connectivity index (χ4v) is 10.5. The van der Waals surface area contributed by atoms with Crippen molar-refractivity contribution < 1.29 is 4.42 Å². The summed E-state index contributed by atoms with van der Waals surface area (Å²) in [5, 5.41) is 3.76. The molecule has 294 valence electrons. The molecule has 3 aliphatic carbocycles. The minimum absolute atomic E-state index is 0.148. The quantitative estimate of drug-likeness (QED) is 0.167. The second-order valence-electron chi connectivity index (χ2n) is 17.7. The van der Waals surface area contributed by atoms with Crippen molar-refractivity contribution in [3.63, 3.8) is 0 Å². The van der Waals surface area contributed by atoms with E-state index < -0.39 is 0 Å². The predicted octanol–water partition coefficient (Wildman–Crippen LogP) is 13.9. The lowest BCUT2D eigenvalue weighted by Gasteiger charge is -2.28. The van der Waals surface area contributed by atoms with Crippen LogP contribution >= 0.6 is 0 Å². The van der Waals surface area contributed by atoms with Gasteiger partial charge in [-0.3, -0.25) is 0 Å². The first-order chi connectivity index (χ1) is 29.9. The third-order valence-electron chi connectivity index (χ3n) is 13.6. The van der Waals surface area contributed by atoms with Crippen molar-refractivity contribution in [1.82, 2.24) is 4.57 Å². The SMILES string of the molecule is CC1C=Cc2c(c3cc(-c4ccc(N(c5ccccc5)c5ccc6c(c5)C(C)(C)c5cc(-c7ccccc7)ccc5-6)cc4)ccc3n2C2=c3oc4ccccc4c3=CCC2)C1. The Labute approximate surface area is 356 Å². The van der Waals surface area contributed by atoms with E-state index in [9.17, 15) is 0 Å². The highest BCUT2D eigenvalue weighted by Crippen LogP contribution is 2.52. The van der Waals surface area contributed by atoms with Crippen molar-refractivity contribution in [3.8, 4) is 33.4 Å². The number of anilines is 3. The number of fused-ring (bicyclic) bond motifs is 9. The smallest absolute Gasteiger partial charge is 0.154 e. The van der Waals surface area contributed by atoms with Gasteiger partial charge in [-0.05, 0) is 142 Å².